The van der Waals surface area contributed by atoms with Crippen LogP contribution in [0.2, 0.25) is 0 Å². The SMILES string of the molecule is CCOC(OCC)[P+](=O)c1ccccc1. The topological polar surface area (TPSA) is 35.5 Å². The first kappa shape index (κ1) is 12.3. The smallest absolute Gasteiger partial charge is 0.313 e. The molecule has 15 heavy (non-hydrogen) atoms. The zero-order valence-electron chi connectivity index (χ0n) is 9.05. The molecular weight excluding hydrogens is 211 g/mol. The summed E-state index contributed by atoms with van der Waals surface area (Å²) in [5, 5.41) is 0.763. The minimum Gasteiger partial charge on any atom is -0.313 e. The van der Waals surface area contributed by atoms with E-state index < -0.39 is 13.8 Å². The minimum atomic E-state index is -1.65. The molecule has 0 aromatic heterocycles. The predicted molar refractivity (Wildman–Crippen MR) is 60.7 cm³/mol. The van der Waals surface area contributed by atoms with Gasteiger partial charge in [0.15, 0.2) is 5.30 Å². The molecule has 0 saturated heterocycles. The monoisotopic (exact) mass is 227 g/mol. The van der Waals surface area contributed by atoms with Gasteiger partial charge in [-0.1, -0.05) is 22.8 Å². The highest BCUT2D eigenvalue weighted by molar-refractivity contribution is 7.53. The first-order valence-electron chi connectivity index (χ1n) is 5.04. The van der Waals surface area contributed by atoms with Gasteiger partial charge in [0.1, 0.15) is 0 Å². The Balaban J connectivity index is 2.71. The second-order valence-electron chi connectivity index (χ2n) is 2.88. The summed E-state index contributed by atoms with van der Waals surface area (Å²) in [5.41, 5.74) is 0. The maximum atomic E-state index is 12.0. The molecule has 0 aliphatic heterocycles. The summed E-state index contributed by atoms with van der Waals surface area (Å²) in [5.74, 6) is 0. The average Bonchev–Trinajstić information content (AvgIpc) is 2.29. The van der Waals surface area contributed by atoms with Gasteiger partial charge >= 0.3 is 13.8 Å². The van der Waals surface area contributed by atoms with Gasteiger partial charge in [-0.25, -0.2) is 0 Å². The van der Waals surface area contributed by atoms with E-state index in [1.54, 1.807) is 0 Å². The summed E-state index contributed by atoms with van der Waals surface area (Å²) in [6.07, 6.45) is 0. The summed E-state index contributed by atoms with van der Waals surface area (Å²) < 4.78 is 22.6. The Bertz CT molecular complexity index is 294. The summed E-state index contributed by atoms with van der Waals surface area (Å²) in [4.78, 5) is 0. The summed E-state index contributed by atoms with van der Waals surface area (Å²) in [7, 11) is -1.65. The van der Waals surface area contributed by atoms with Crippen molar-refractivity contribution in [3.8, 4) is 0 Å². The lowest BCUT2D eigenvalue weighted by Crippen LogP contribution is -2.17. The van der Waals surface area contributed by atoms with Crippen LogP contribution in [-0.2, 0) is 14.0 Å². The molecule has 0 amide bonds. The van der Waals surface area contributed by atoms with Crippen molar-refractivity contribution in [2.45, 2.75) is 19.9 Å². The van der Waals surface area contributed by atoms with Gasteiger partial charge in [0.2, 0.25) is 0 Å². The zero-order valence-corrected chi connectivity index (χ0v) is 9.94. The molecule has 1 unspecified atom stereocenters. The summed E-state index contributed by atoms with van der Waals surface area (Å²) >= 11 is 0. The second kappa shape index (κ2) is 6.67. The Kier molecular flexibility index (Phi) is 5.48. The fraction of sp³-hybridized carbons (Fsp3) is 0.455. The molecule has 1 rings (SSSR count). The van der Waals surface area contributed by atoms with Crippen molar-refractivity contribution in [3.05, 3.63) is 30.3 Å². The normalized spacial score (nSPS) is 11.8. The largest absolute Gasteiger partial charge is 0.439 e. The Labute approximate surface area is 91.2 Å². The lowest BCUT2D eigenvalue weighted by Gasteiger charge is -2.06. The first-order valence-corrected chi connectivity index (χ1v) is 6.37. The fourth-order valence-corrected chi connectivity index (χ4v) is 2.44. The van der Waals surface area contributed by atoms with Crippen LogP contribution in [0.5, 0.6) is 0 Å². The number of hydrogen-bond acceptors (Lipinski definition) is 3. The van der Waals surface area contributed by atoms with E-state index in [2.05, 4.69) is 0 Å². The van der Waals surface area contributed by atoms with Gasteiger partial charge < -0.3 is 9.47 Å². The number of hydrogen-bond donors (Lipinski definition) is 0. The van der Waals surface area contributed by atoms with Crippen molar-refractivity contribution in [1.29, 1.82) is 0 Å². The highest BCUT2D eigenvalue weighted by atomic mass is 31.1. The molecule has 0 fully saturated rings. The molecule has 0 aliphatic carbocycles. The highest BCUT2D eigenvalue weighted by Gasteiger charge is 2.33. The van der Waals surface area contributed by atoms with E-state index in [1.807, 2.05) is 44.2 Å². The van der Waals surface area contributed by atoms with Crippen LogP contribution in [-0.4, -0.2) is 19.2 Å². The van der Waals surface area contributed by atoms with Crippen molar-refractivity contribution in [3.63, 3.8) is 0 Å². The van der Waals surface area contributed by atoms with Gasteiger partial charge in [0.25, 0.3) is 0 Å². The third-order valence-electron chi connectivity index (χ3n) is 1.82. The van der Waals surface area contributed by atoms with Crippen LogP contribution in [0.3, 0.4) is 0 Å². The third kappa shape index (κ3) is 3.71. The zero-order chi connectivity index (χ0) is 11.1. The highest BCUT2D eigenvalue weighted by Crippen LogP contribution is 2.28. The van der Waals surface area contributed by atoms with E-state index in [9.17, 15) is 4.57 Å². The predicted octanol–water partition coefficient (Wildman–Crippen LogP) is 2.50. The van der Waals surface area contributed by atoms with Crippen molar-refractivity contribution in [2.24, 2.45) is 0 Å². The molecule has 1 atom stereocenters. The molecule has 0 spiro atoms. The number of benzene rings is 1. The van der Waals surface area contributed by atoms with E-state index in [1.165, 1.54) is 0 Å². The fourth-order valence-electron chi connectivity index (χ4n) is 1.17. The van der Waals surface area contributed by atoms with Gasteiger partial charge in [-0.3, -0.25) is 0 Å². The maximum absolute atomic E-state index is 12.0. The molecule has 3 nitrogen and oxygen atoms in total. The van der Waals surface area contributed by atoms with E-state index in [-0.39, 0.29) is 0 Å². The van der Waals surface area contributed by atoms with Gasteiger partial charge in [0, 0.05) is 0 Å². The molecule has 1 aromatic carbocycles. The molecule has 0 heterocycles. The Morgan fingerprint density at radius 2 is 1.67 bits per heavy atom. The quantitative estimate of drug-likeness (QED) is 0.553. The lowest BCUT2D eigenvalue weighted by molar-refractivity contribution is -0.0788. The van der Waals surface area contributed by atoms with Crippen LogP contribution in [0.15, 0.2) is 30.3 Å². The summed E-state index contributed by atoms with van der Waals surface area (Å²) in [6.45, 7) is 4.72. The van der Waals surface area contributed by atoms with E-state index in [0.29, 0.717) is 13.2 Å². The van der Waals surface area contributed by atoms with E-state index in [4.69, 9.17) is 9.47 Å². The maximum Gasteiger partial charge on any atom is 0.439 e. The molecule has 0 bridgehead atoms. The van der Waals surface area contributed by atoms with Crippen molar-refractivity contribution < 1.29 is 14.0 Å². The van der Waals surface area contributed by atoms with Gasteiger partial charge in [-0.05, 0) is 26.0 Å². The molecule has 0 saturated carbocycles. The van der Waals surface area contributed by atoms with Crippen LogP contribution in [0, 0.1) is 0 Å². The van der Waals surface area contributed by atoms with Crippen LogP contribution < -0.4 is 5.30 Å². The van der Waals surface area contributed by atoms with Crippen molar-refractivity contribution in [1.82, 2.24) is 0 Å². The number of rotatable bonds is 6. The average molecular weight is 227 g/mol. The van der Waals surface area contributed by atoms with Crippen molar-refractivity contribution in [2.75, 3.05) is 13.2 Å². The molecule has 0 aliphatic rings. The van der Waals surface area contributed by atoms with Crippen LogP contribution in [0.1, 0.15) is 13.8 Å². The molecule has 4 heteroatoms. The second-order valence-corrected chi connectivity index (χ2v) is 4.47. The Morgan fingerprint density at radius 1 is 1.13 bits per heavy atom. The summed E-state index contributed by atoms with van der Waals surface area (Å²) in [6, 6.07) is 8.63. The standard InChI is InChI=1S/C11H16O3P/c1-3-13-11(14-4-2)15(12)10-8-6-5-7-9-10/h5-9,11H,3-4H2,1-2H3/q+1. The van der Waals surface area contributed by atoms with E-state index >= 15 is 0 Å². The van der Waals surface area contributed by atoms with Crippen LogP contribution >= 0.6 is 7.80 Å². The molecule has 1 aromatic rings. The Hall–Kier alpha value is -0.760. The van der Waals surface area contributed by atoms with Gasteiger partial charge in [-0.2, -0.15) is 0 Å². The molecule has 0 radical (unpaired) electrons. The lowest BCUT2D eigenvalue weighted by atomic mass is 10.4. The minimum absolute atomic E-state index is 0.499. The van der Waals surface area contributed by atoms with Crippen LogP contribution in [0.25, 0.3) is 0 Å². The molecule has 0 N–H and O–H groups in total. The van der Waals surface area contributed by atoms with Crippen molar-refractivity contribution >= 4 is 13.1 Å². The van der Waals surface area contributed by atoms with Gasteiger partial charge in [-0.15, -0.1) is 0 Å². The van der Waals surface area contributed by atoms with Gasteiger partial charge in [0.05, 0.1) is 13.2 Å². The van der Waals surface area contributed by atoms with E-state index in [0.717, 1.165) is 5.30 Å². The molecule has 82 valence electrons. The third-order valence-corrected chi connectivity index (χ3v) is 3.31. The number of ether oxygens (including phenoxy) is 2. The first-order chi connectivity index (χ1) is 7.29. The molecular formula is C11H16O3P+. The van der Waals surface area contributed by atoms with Crippen LogP contribution in [0.4, 0.5) is 0 Å². The Morgan fingerprint density at radius 3 is 2.13 bits per heavy atom.